The van der Waals surface area contributed by atoms with Gasteiger partial charge in [0.25, 0.3) is 0 Å². The van der Waals surface area contributed by atoms with E-state index in [1.165, 1.54) is 12.1 Å². The van der Waals surface area contributed by atoms with Gasteiger partial charge in [0.1, 0.15) is 5.76 Å². The first-order valence-electron chi connectivity index (χ1n) is 12.8. The van der Waals surface area contributed by atoms with Crippen LogP contribution in [0.4, 0.5) is 23.7 Å². The van der Waals surface area contributed by atoms with Crippen molar-refractivity contribution in [2.24, 2.45) is 0 Å². The van der Waals surface area contributed by atoms with Gasteiger partial charge in [0.2, 0.25) is 0 Å². The number of ether oxygens (including phenoxy) is 1. The Morgan fingerprint density at radius 3 is 2.40 bits per heavy atom. The Kier molecular flexibility index (Phi) is 8.58. The van der Waals surface area contributed by atoms with Crippen LogP contribution in [0.2, 0.25) is 0 Å². The topological polar surface area (TPSA) is 91.2 Å². The van der Waals surface area contributed by atoms with Gasteiger partial charge in [0.15, 0.2) is 5.78 Å². The molecule has 0 saturated carbocycles. The molecule has 6 nitrogen and oxygen atoms in total. The van der Waals surface area contributed by atoms with Crippen molar-refractivity contribution in [3.8, 4) is 6.07 Å². The van der Waals surface area contributed by atoms with Crippen molar-refractivity contribution in [1.82, 2.24) is 5.32 Å². The summed E-state index contributed by atoms with van der Waals surface area (Å²) in [6.07, 6.45) is -3.95. The number of anilines is 1. The minimum atomic E-state index is -4.57. The van der Waals surface area contributed by atoms with Crippen LogP contribution >= 0.6 is 0 Å². The number of aryl methyl sites for hydroxylation is 1. The highest BCUT2D eigenvalue weighted by atomic mass is 19.4. The average molecular weight is 548 g/mol. The molecule has 1 aliphatic carbocycles. The molecular weight excluding hydrogens is 519 g/mol. The number of ketones is 1. The van der Waals surface area contributed by atoms with E-state index in [0.29, 0.717) is 29.9 Å². The lowest BCUT2D eigenvalue weighted by atomic mass is 9.79. The Balaban J connectivity index is 1.69. The number of halogens is 3. The van der Waals surface area contributed by atoms with Crippen LogP contribution in [0, 0.1) is 18.3 Å². The molecule has 9 heteroatoms. The second-order valence-corrected chi connectivity index (χ2v) is 9.55. The smallest absolute Gasteiger partial charge is 0.416 e. The normalized spacial score (nSPS) is 16.2. The molecule has 2 unspecified atom stereocenters. The van der Waals surface area contributed by atoms with Crippen molar-refractivity contribution in [2.75, 3.05) is 11.9 Å². The maximum atomic E-state index is 13.7. The third-order valence-electron chi connectivity index (χ3n) is 6.72. The molecule has 3 aromatic rings. The number of nitrogens with zero attached hydrogens (tertiary/aromatic N) is 1. The molecule has 3 aromatic carbocycles. The van der Waals surface area contributed by atoms with Crippen LogP contribution in [-0.2, 0) is 15.7 Å². The fraction of sp³-hybridized carbons (Fsp3) is 0.258. The average Bonchev–Trinajstić information content (AvgIpc) is 2.92. The van der Waals surface area contributed by atoms with Crippen LogP contribution in [-0.4, -0.2) is 18.4 Å². The number of carbonyl (C=O) groups excluding carboxylic acids is 2. The molecule has 0 fully saturated rings. The van der Waals surface area contributed by atoms with Gasteiger partial charge in [-0.25, -0.2) is 4.79 Å². The molecule has 0 saturated heterocycles. The third-order valence-corrected chi connectivity index (χ3v) is 6.72. The van der Waals surface area contributed by atoms with Crippen molar-refractivity contribution in [3.63, 3.8) is 0 Å². The van der Waals surface area contributed by atoms with E-state index in [1.807, 2.05) is 37.3 Å². The number of urea groups is 1. The summed E-state index contributed by atoms with van der Waals surface area (Å²) in [5.41, 5.74) is 2.33. The van der Waals surface area contributed by atoms with E-state index in [-0.39, 0.29) is 29.4 Å². The zero-order valence-electron chi connectivity index (χ0n) is 22.0. The number of hydrogen-bond donors (Lipinski definition) is 2. The Hall–Kier alpha value is -4.58. The van der Waals surface area contributed by atoms with Gasteiger partial charge >= 0.3 is 12.2 Å². The van der Waals surface area contributed by atoms with Crippen LogP contribution in [0.15, 0.2) is 84.1 Å². The zero-order valence-corrected chi connectivity index (χ0v) is 22.0. The number of allylic oxidation sites excluding steroid dienone is 1. The van der Waals surface area contributed by atoms with Gasteiger partial charge in [-0.1, -0.05) is 48.0 Å². The van der Waals surface area contributed by atoms with Crippen molar-refractivity contribution >= 4 is 17.5 Å². The summed E-state index contributed by atoms with van der Waals surface area (Å²) in [6, 6.07) is 18.9. The molecule has 0 aliphatic heterocycles. The molecule has 0 radical (unpaired) electrons. The predicted molar refractivity (Wildman–Crippen MR) is 144 cm³/mol. The first-order valence-corrected chi connectivity index (χ1v) is 12.8. The number of Topliss-reactive ketones (excluding diaryl/α,β-unsaturated/α-hetero) is 1. The third kappa shape index (κ3) is 6.70. The van der Waals surface area contributed by atoms with E-state index in [0.717, 1.165) is 23.3 Å². The number of amides is 2. The summed E-state index contributed by atoms with van der Waals surface area (Å²) in [6.45, 7) is 4.08. The fourth-order valence-electron chi connectivity index (χ4n) is 4.75. The summed E-state index contributed by atoms with van der Waals surface area (Å²) in [4.78, 5) is 26.8. The summed E-state index contributed by atoms with van der Waals surface area (Å²) >= 11 is 0. The number of hydrogen-bond acceptors (Lipinski definition) is 4. The number of benzene rings is 3. The number of nitrogens with one attached hydrogen (secondary N) is 2. The van der Waals surface area contributed by atoms with Gasteiger partial charge in [-0.05, 0) is 61.2 Å². The van der Waals surface area contributed by atoms with Crippen molar-refractivity contribution in [2.45, 2.75) is 44.8 Å². The number of alkyl halides is 3. The first-order chi connectivity index (χ1) is 19.1. The van der Waals surface area contributed by atoms with E-state index in [9.17, 15) is 28.0 Å². The Morgan fingerprint density at radius 2 is 1.77 bits per heavy atom. The molecule has 4 rings (SSSR count). The monoisotopic (exact) mass is 547 g/mol. The molecule has 206 valence electrons. The molecule has 0 bridgehead atoms. The summed E-state index contributed by atoms with van der Waals surface area (Å²) in [5.74, 6) is 0.117. The van der Waals surface area contributed by atoms with Crippen molar-refractivity contribution < 1.29 is 27.5 Å². The Bertz CT molecular complexity index is 1460. The largest absolute Gasteiger partial charge is 0.498 e. The van der Waals surface area contributed by atoms with Gasteiger partial charge in [-0.3, -0.25) is 4.79 Å². The minimum Gasteiger partial charge on any atom is -0.498 e. The number of carbonyl (C=O) groups is 2. The van der Waals surface area contributed by atoms with E-state index >= 15 is 0 Å². The molecule has 2 amide bonds. The molecule has 40 heavy (non-hydrogen) atoms. The van der Waals surface area contributed by atoms with Gasteiger partial charge < -0.3 is 15.4 Å². The van der Waals surface area contributed by atoms with Gasteiger partial charge in [-0.2, -0.15) is 18.4 Å². The minimum absolute atomic E-state index is 0.0562. The molecule has 0 heterocycles. The lowest BCUT2D eigenvalue weighted by Gasteiger charge is -2.31. The number of rotatable bonds is 7. The fourth-order valence-corrected chi connectivity index (χ4v) is 4.75. The van der Waals surface area contributed by atoms with Crippen LogP contribution in [0.3, 0.4) is 0 Å². The standard InChI is InChI=1S/C31H28F3N3O3/c1-3-40-27-16-23(21-11-7-19(2)8-12-21)15-26(38)28(27)29(22-13-9-20(18-35)10-14-22)37-30(39)36-25-6-4-5-24(17-25)31(32,33)34/h4-14,17,23,29H,3,15-16H2,1-2H3,(H2,36,37,39). The van der Waals surface area contributed by atoms with Crippen LogP contribution in [0.25, 0.3) is 0 Å². The van der Waals surface area contributed by atoms with Gasteiger partial charge in [0.05, 0.1) is 35.4 Å². The van der Waals surface area contributed by atoms with Crippen molar-refractivity contribution in [3.05, 3.63) is 112 Å². The molecule has 1 aliphatic rings. The maximum Gasteiger partial charge on any atom is 0.416 e. The highest BCUT2D eigenvalue weighted by Crippen LogP contribution is 2.40. The molecule has 0 aromatic heterocycles. The number of nitriles is 1. The summed E-state index contributed by atoms with van der Waals surface area (Å²) in [7, 11) is 0. The Morgan fingerprint density at radius 1 is 1.07 bits per heavy atom. The van der Waals surface area contributed by atoms with E-state index in [4.69, 9.17) is 4.74 Å². The molecule has 2 N–H and O–H groups in total. The van der Waals surface area contributed by atoms with Gasteiger partial charge in [0, 0.05) is 18.5 Å². The summed E-state index contributed by atoms with van der Waals surface area (Å²) < 4.78 is 45.4. The molecule has 0 spiro atoms. The summed E-state index contributed by atoms with van der Waals surface area (Å²) in [5, 5.41) is 14.4. The molecular formula is C31H28F3N3O3. The highest BCUT2D eigenvalue weighted by molar-refractivity contribution is 6.00. The van der Waals surface area contributed by atoms with E-state index < -0.39 is 23.8 Å². The first kappa shape index (κ1) is 28.4. The second-order valence-electron chi connectivity index (χ2n) is 9.55. The van der Waals surface area contributed by atoms with E-state index in [1.54, 1.807) is 31.2 Å². The van der Waals surface area contributed by atoms with Crippen LogP contribution in [0.1, 0.15) is 59.5 Å². The maximum absolute atomic E-state index is 13.7. The van der Waals surface area contributed by atoms with Crippen molar-refractivity contribution in [1.29, 1.82) is 5.26 Å². The zero-order chi connectivity index (χ0) is 28.9. The SMILES string of the molecule is CCOC1=C(C(NC(=O)Nc2cccc(C(F)(F)F)c2)c2ccc(C#N)cc2)C(=O)CC(c2ccc(C)cc2)C1. The van der Waals surface area contributed by atoms with Crippen LogP contribution in [0.5, 0.6) is 0 Å². The molecule has 2 atom stereocenters. The Labute approximate surface area is 230 Å². The van der Waals surface area contributed by atoms with E-state index in [2.05, 4.69) is 10.6 Å². The lowest BCUT2D eigenvalue weighted by Crippen LogP contribution is -2.37. The predicted octanol–water partition coefficient (Wildman–Crippen LogP) is 7.19. The quantitative estimate of drug-likeness (QED) is 0.328. The lowest BCUT2D eigenvalue weighted by molar-refractivity contribution is -0.137. The second kappa shape index (κ2) is 12.1. The highest BCUT2D eigenvalue weighted by Gasteiger charge is 2.36. The van der Waals surface area contributed by atoms with Gasteiger partial charge in [-0.15, -0.1) is 0 Å². The van der Waals surface area contributed by atoms with Crippen LogP contribution < -0.4 is 10.6 Å².